The maximum absolute atomic E-state index is 11.0. The maximum Gasteiger partial charge on any atom is 0.132 e. The number of hydrogen-bond acceptors (Lipinski definition) is 2. The van der Waals surface area contributed by atoms with Crippen molar-refractivity contribution in [3.63, 3.8) is 0 Å². The van der Waals surface area contributed by atoms with E-state index >= 15 is 0 Å². The highest BCUT2D eigenvalue weighted by molar-refractivity contribution is 7.16. The summed E-state index contributed by atoms with van der Waals surface area (Å²) in [4.78, 5) is 12.4. The molecule has 0 saturated heterocycles. The predicted molar refractivity (Wildman–Crippen MR) is 60.0 cm³/mol. The highest BCUT2D eigenvalue weighted by atomic mass is 35.5. The summed E-state index contributed by atoms with van der Waals surface area (Å²) >= 11 is 7.53. The van der Waals surface area contributed by atoms with Gasteiger partial charge in [-0.25, -0.2) is 0 Å². The van der Waals surface area contributed by atoms with Crippen LogP contribution >= 0.6 is 22.9 Å². The first-order valence-corrected chi connectivity index (χ1v) is 6.19. The Morgan fingerprint density at radius 3 is 2.64 bits per heavy atom. The molecule has 1 fully saturated rings. The molecule has 1 aromatic heterocycles. The topological polar surface area (TPSA) is 17.1 Å². The van der Waals surface area contributed by atoms with E-state index in [4.69, 9.17) is 11.6 Å². The van der Waals surface area contributed by atoms with E-state index < -0.39 is 0 Å². The Morgan fingerprint density at radius 2 is 2.07 bits per heavy atom. The molecule has 1 nitrogen and oxygen atoms in total. The molecule has 0 unspecified atom stereocenters. The number of carbonyl (C=O) groups excluding carboxylic acids is 1. The number of hydrogen-bond donors (Lipinski definition) is 0. The summed E-state index contributed by atoms with van der Waals surface area (Å²) in [7, 11) is 0. The largest absolute Gasteiger partial charge is 0.300 e. The average molecular weight is 229 g/mol. The lowest BCUT2D eigenvalue weighted by Crippen LogP contribution is -2.15. The average Bonchev–Trinajstić information content (AvgIpc) is 2.56. The van der Waals surface area contributed by atoms with Crippen molar-refractivity contribution in [1.82, 2.24) is 0 Å². The van der Waals surface area contributed by atoms with E-state index in [0.717, 1.165) is 36.4 Å². The zero-order valence-corrected chi connectivity index (χ0v) is 9.53. The number of carbonyl (C=O) groups is 1. The van der Waals surface area contributed by atoms with Crippen molar-refractivity contribution in [3.05, 3.63) is 21.3 Å². The molecule has 1 aromatic rings. The predicted octanol–water partition coefficient (Wildman–Crippen LogP) is 3.70. The van der Waals surface area contributed by atoms with E-state index in [1.165, 1.54) is 4.88 Å². The van der Waals surface area contributed by atoms with Crippen molar-refractivity contribution < 1.29 is 4.79 Å². The monoisotopic (exact) mass is 228 g/mol. The van der Waals surface area contributed by atoms with Crippen molar-refractivity contribution >= 4 is 28.7 Å². The zero-order valence-electron chi connectivity index (χ0n) is 7.96. The fourth-order valence-electron chi connectivity index (χ4n) is 1.95. The smallest absolute Gasteiger partial charge is 0.132 e. The van der Waals surface area contributed by atoms with Crippen LogP contribution in [0.1, 0.15) is 30.6 Å². The minimum atomic E-state index is 0.436. The first kappa shape index (κ1) is 10.2. The Hall–Kier alpha value is -0.340. The van der Waals surface area contributed by atoms with Crippen LogP contribution in [0.2, 0.25) is 4.34 Å². The van der Waals surface area contributed by atoms with E-state index in [2.05, 4.69) is 6.07 Å². The van der Waals surface area contributed by atoms with Crippen molar-refractivity contribution in [3.8, 4) is 0 Å². The molecule has 0 amide bonds. The van der Waals surface area contributed by atoms with E-state index in [1.807, 2.05) is 6.07 Å². The second-order valence-electron chi connectivity index (χ2n) is 3.89. The Kier molecular flexibility index (Phi) is 3.24. The summed E-state index contributed by atoms with van der Waals surface area (Å²) in [5.41, 5.74) is 0. The summed E-state index contributed by atoms with van der Waals surface area (Å²) in [6.45, 7) is 0. The lowest BCUT2D eigenvalue weighted by atomic mass is 9.86. The second-order valence-corrected chi connectivity index (χ2v) is 5.69. The fraction of sp³-hybridized carbons (Fsp3) is 0.545. The molecule has 0 N–H and O–H groups in total. The van der Waals surface area contributed by atoms with Gasteiger partial charge in [0.25, 0.3) is 0 Å². The van der Waals surface area contributed by atoms with Crippen LogP contribution in [0.25, 0.3) is 0 Å². The van der Waals surface area contributed by atoms with Crippen molar-refractivity contribution in [2.24, 2.45) is 5.92 Å². The van der Waals surface area contributed by atoms with Gasteiger partial charge >= 0.3 is 0 Å². The van der Waals surface area contributed by atoms with Crippen LogP contribution in [0, 0.1) is 5.92 Å². The molecule has 0 aliphatic heterocycles. The van der Waals surface area contributed by atoms with Gasteiger partial charge in [-0.15, -0.1) is 11.3 Å². The van der Waals surface area contributed by atoms with Crippen LogP contribution in [0.4, 0.5) is 0 Å². The van der Waals surface area contributed by atoms with E-state index in [-0.39, 0.29) is 0 Å². The number of Topliss-reactive ketones (excluding diaryl/α,β-unsaturated/α-hetero) is 1. The summed E-state index contributed by atoms with van der Waals surface area (Å²) < 4.78 is 0.867. The molecular formula is C11H13ClOS. The van der Waals surface area contributed by atoms with Crippen LogP contribution in [0.5, 0.6) is 0 Å². The zero-order chi connectivity index (χ0) is 9.97. The van der Waals surface area contributed by atoms with E-state index in [0.29, 0.717) is 11.7 Å². The fourth-order valence-corrected chi connectivity index (χ4v) is 3.15. The van der Waals surface area contributed by atoms with Gasteiger partial charge in [0.05, 0.1) is 4.34 Å². The highest BCUT2D eigenvalue weighted by Gasteiger charge is 2.19. The highest BCUT2D eigenvalue weighted by Crippen LogP contribution is 2.29. The van der Waals surface area contributed by atoms with Gasteiger partial charge in [-0.1, -0.05) is 11.6 Å². The van der Waals surface area contributed by atoms with Gasteiger partial charge in [-0.2, -0.15) is 0 Å². The molecule has 1 saturated carbocycles. The van der Waals surface area contributed by atoms with Gasteiger partial charge in [0.15, 0.2) is 0 Å². The molecule has 76 valence electrons. The van der Waals surface area contributed by atoms with E-state index in [9.17, 15) is 4.79 Å². The van der Waals surface area contributed by atoms with Crippen LogP contribution in [0.3, 0.4) is 0 Å². The minimum absolute atomic E-state index is 0.436. The van der Waals surface area contributed by atoms with Crippen molar-refractivity contribution in [2.45, 2.75) is 32.1 Å². The SMILES string of the molecule is O=C1CCC(Cc2ccc(Cl)s2)CC1. The maximum atomic E-state index is 11.0. The molecular weight excluding hydrogens is 216 g/mol. The van der Waals surface area contributed by atoms with Gasteiger partial charge in [0.1, 0.15) is 5.78 Å². The minimum Gasteiger partial charge on any atom is -0.300 e. The third kappa shape index (κ3) is 2.58. The Bertz CT molecular complexity index is 322. The van der Waals surface area contributed by atoms with Crippen LogP contribution in [-0.2, 0) is 11.2 Å². The summed E-state index contributed by atoms with van der Waals surface area (Å²) in [6.07, 6.45) is 4.79. The Balaban J connectivity index is 1.89. The lowest BCUT2D eigenvalue weighted by Gasteiger charge is -2.19. The number of rotatable bonds is 2. The molecule has 3 heteroatoms. The first-order chi connectivity index (χ1) is 6.74. The van der Waals surface area contributed by atoms with Crippen molar-refractivity contribution in [2.75, 3.05) is 0 Å². The number of ketones is 1. The molecule has 14 heavy (non-hydrogen) atoms. The Labute approximate surface area is 93.1 Å². The van der Waals surface area contributed by atoms with Gasteiger partial charge < -0.3 is 0 Å². The van der Waals surface area contributed by atoms with Gasteiger partial charge in [-0.3, -0.25) is 4.79 Å². The number of thiophene rings is 1. The van der Waals surface area contributed by atoms with Gasteiger partial charge in [0, 0.05) is 17.7 Å². The Morgan fingerprint density at radius 1 is 1.36 bits per heavy atom. The summed E-state index contributed by atoms with van der Waals surface area (Å²) in [5.74, 6) is 1.13. The molecule has 0 bridgehead atoms. The number of halogens is 1. The molecule has 0 aromatic carbocycles. The van der Waals surface area contributed by atoms with Crippen LogP contribution in [0.15, 0.2) is 12.1 Å². The quantitative estimate of drug-likeness (QED) is 0.755. The van der Waals surface area contributed by atoms with Crippen molar-refractivity contribution in [1.29, 1.82) is 0 Å². The normalized spacial score (nSPS) is 18.8. The van der Waals surface area contributed by atoms with Crippen LogP contribution in [-0.4, -0.2) is 5.78 Å². The third-order valence-electron chi connectivity index (χ3n) is 2.78. The summed E-state index contributed by atoms with van der Waals surface area (Å²) in [6, 6.07) is 4.05. The molecule has 0 atom stereocenters. The molecule has 2 rings (SSSR count). The third-order valence-corrected chi connectivity index (χ3v) is 4.04. The van der Waals surface area contributed by atoms with Gasteiger partial charge in [-0.05, 0) is 37.3 Å². The van der Waals surface area contributed by atoms with Gasteiger partial charge in [0.2, 0.25) is 0 Å². The molecule has 0 radical (unpaired) electrons. The first-order valence-electron chi connectivity index (χ1n) is 5.00. The standard InChI is InChI=1S/C11H13ClOS/c12-11-6-5-10(14-11)7-8-1-3-9(13)4-2-8/h5-6,8H,1-4,7H2. The molecule has 1 aliphatic rings. The molecule has 1 aliphatic carbocycles. The summed E-state index contributed by atoms with van der Waals surface area (Å²) in [5, 5.41) is 0. The van der Waals surface area contributed by atoms with E-state index in [1.54, 1.807) is 11.3 Å². The lowest BCUT2D eigenvalue weighted by molar-refractivity contribution is -0.120. The molecule has 0 spiro atoms. The second kappa shape index (κ2) is 4.45. The molecule has 1 heterocycles. The van der Waals surface area contributed by atoms with Crippen LogP contribution < -0.4 is 0 Å².